The van der Waals surface area contributed by atoms with Crippen molar-refractivity contribution in [3.63, 3.8) is 0 Å². The number of imidazole rings is 1. The summed E-state index contributed by atoms with van der Waals surface area (Å²) >= 11 is 6.33. The molecule has 8 nitrogen and oxygen atoms in total. The second-order valence-corrected chi connectivity index (χ2v) is 5.81. The number of pyridine rings is 1. The molecule has 0 unspecified atom stereocenters. The molecule has 2 heterocycles. The Balaban J connectivity index is 2.57. The van der Waals surface area contributed by atoms with Crippen molar-refractivity contribution in [1.82, 2.24) is 14.5 Å². The zero-order valence-electron chi connectivity index (χ0n) is 14.3. The number of hydrogen-bond acceptors (Lipinski definition) is 5. The van der Waals surface area contributed by atoms with E-state index in [4.69, 9.17) is 22.1 Å². The molecule has 0 amide bonds. The molecule has 0 fully saturated rings. The molecule has 0 aliphatic rings. The van der Waals surface area contributed by atoms with Gasteiger partial charge in [0.2, 0.25) is 5.88 Å². The van der Waals surface area contributed by atoms with Crippen molar-refractivity contribution in [1.29, 1.82) is 0 Å². The first-order valence-electron chi connectivity index (χ1n) is 7.70. The fourth-order valence-electron chi connectivity index (χ4n) is 2.19. The quantitative estimate of drug-likeness (QED) is 0.599. The van der Waals surface area contributed by atoms with Crippen LogP contribution in [0, 0.1) is 0 Å². The Hall–Kier alpha value is -2.45. The number of amidine groups is 1. The molecule has 0 spiro atoms. The predicted octanol–water partition coefficient (Wildman–Crippen LogP) is 1.74. The normalized spacial score (nSPS) is 12.3. The maximum atomic E-state index is 9.34. The van der Waals surface area contributed by atoms with E-state index in [1.165, 1.54) is 13.4 Å². The number of nitrogens with zero attached hydrogens (tertiary/aromatic N) is 5. The second-order valence-electron chi connectivity index (χ2n) is 5.40. The molecule has 3 N–H and O–H groups in total. The first kappa shape index (κ1) is 18.9. The van der Waals surface area contributed by atoms with Crippen LogP contribution in [-0.4, -0.2) is 51.6 Å². The van der Waals surface area contributed by atoms with Gasteiger partial charge in [-0.15, -0.1) is 0 Å². The zero-order valence-corrected chi connectivity index (χ0v) is 15.1. The monoisotopic (exact) mass is 364 g/mol. The lowest BCUT2D eigenvalue weighted by Crippen LogP contribution is -2.05. The number of aliphatic hydroxyl groups is 1. The Morgan fingerprint density at radius 3 is 2.84 bits per heavy atom. The Morgan fingerprint density at radius 2 is 2.28 bits per heavy atom. The van der Waals surface area contributed by atoms with E-state index in [1.807, 2.05) is 13.8 Å². The highest BCUT2D eigenvalue weighted by atomic mass is 35.5. The van der Waals surface area contributed by atoms with Gasteiger partial charge in [-0.3, -0.25) is 4.99 Å². The molecule has 2 rings (SSSR count). The number of methoxy groups -OCH3 is 1. The molecule has 9 heteroatoms. The van der Waals surface area contributed by atoms with Crippen LogP contribution in [0.1, 0.15) is 19.5 Å². The largest absolute Gasteiger partial charge is 0.481 e. The molecular formula is C16H21ClN6O2. The first-order chi connectivity index (χ1) is 12.0. The molecular weight excluding hydrogens is 344 g/mol. The van der Waals surface area contributed by atoms with Crippen LogP contribution in [0.5, 0.6) is 5.88 Å². The Labute approximate surface area is 151 Å². The van der Waals surface area contributed by atoms with Gasteiger partial charge in [-0.1, -0.05) is 11.6 Å². The lowest BCUT2D eigenvalue weighted by Gasteiger charge is -2.08. The van der Waals surface area contributed by atoms with E-state index in [0.29, 0.717) is 40.4 Å². The molecule has 0 radical (unpaired) electrons. The second kappa shape index (κ2) is 8.59. The predicted molar refractivity (Wildman–Crippen MR) is 98.5 cm³/mol. The average Bonchev–Trinajstić information content (AvgIpc) is 2.98. The van der Waals surface area contributed by atoms with Crippen LogP contribution in [0.2, 0.25) is 5.02 Å². The van der Waals surface area contributed by atoms with Crippen molar-refractivity contribution < 1.29 is 9.84 Å². The van der Waals surface area contributed by atoms with Gasteiger partial charge < -0.3 is 20.1 Å². The Bertz CT molecular complexity index is 785. The third kappa shape index (κ3) is 4.55. The molecule has 0 aliphatic heterocycles. The van der Waals surface area contributed by atoms with E-state index >= 15 is 0 Å². The molecule has 0 atom stereocenters. The molecule has 0 saturated heterocycles. The van der Waals surface area contributed by atoms with Crippen LogP contribution >= 0.6 is 11.6 Å². The summed E-state index contributed by atoms with van der Waals surface area (Å²) in [5.74, 6) is 1.37. The van der Waals surface area contributed by atoms with Gasteiger partial charge in [-0.05, 0) is 13.8 Å². The van der Waals surface area contributed by atoms with Gasteiger partial charge in [0.1, 0.15) is 11.5 Å². The fraction of sp³-hybridized carbons (Fsp3) is 0.375. The van der Waals surface area contributed by atoms with E-state index in [0.717, 1.165) is 0 Å². The van der Waals surface area contributed by atoms with Crippen LogP contribution < -0.4 is 10.5 Å². The van der Waals surface area contributed by atoms with Crippen LogP contribution in [0.4, 0.5) is 0 Å². The van der Waals surface area contributed by atoms with Crippen molar-refractivity contribution in [3.8, 4) is 17.3 Å². The minimum absolute atomic E-state index is 0.0244. The summed E-state index contributed by atoms with van der Waals surface area (Å²) in [6.45, 7) is 4.15. The SMILES string of the molecule is COc1cc(Cl)c(-c2nc(C(N=CN)=NC(C)C)cn2CCO)cn1. The average molecular weight is 365 g/mol. The van der Waals surface area contributed by atoms with Crippen molar-refractivity contribution in [2.75, 3.05) is 13.7 Å². The number of aliphatic hydroxyl groups excluding tert-OH is 1. The smallest absolute Gasteiger partial charge is 0.214 e. The molecule has 2 aromatic heterocycles. The van der Waals surface area contributed by atoms with Crippen LogP contribution in [-0.2, 0) is 6.54 Å². The molecule has 25 heavy (non-hydrogen) atoms. The van der Waals surface area contributed by atoms with Crippen molar-refractivity contribution in [3.05, 3.63) is 29.2 Å². The van der Waals surface area contributed by atoms with E-state index in [1.54, 1.807) is 23.0 Å². The van der Waals surface area contributed by atoms with Gasteiger partial charge >= 0.3 is 0 Å². The number of halogens is 1. The third-order valence-electron chi connectivity index (χ3n) is 3.20. The third-order valence-corrected chi connectivity index (χ3v) is 3.51. The molecule has 0 bridgehead atoms. The highest BCUT2D eigenvalue weighted by molar-refractivity contribution is 6.33. The Morgan fingerprint density at radius 1 is 1.52 bits per heavy atom. The summed E-state index contributed by atoms with van der Waals surface area (Å²) in [6.07, 6.45) is 4.50. The standard InChI is InChI=1S/C16H21ClN6O2/c1-10(2)21-15(20-9-18)13-8-23(4-5-24)16(22-13)11-7-19-14(25-3)6-12(11)17/h6-10,24H,4-5H2,1-3H3,(H2,18,20,21). The van der Waals surface area contributed by atoms with Gasteiger partial charge in [0.15, 0.2) is 5.84 Å². The first-order valence-corrected chi connectivity index (χ1v) is 8.08. The highest BCUT2D eigenvalue weighted by Crippen LogP contribution is 2.29. The minimum Gasteiger partial charge on any atom is -0.481 e. The number of nitrogens with two attached hydrogens (primary N) is 1. The minimum atomic E-state index is -0.0547. The maximum absolute atomic E-state index is 9.34. The van der Waals surface area contributed by atoms with Gasteiger partial charge in [0.25, 0.3) is 0 Å². The summed E-state index contributed by atoms with van der Waals surface area (Å²) in [5, 5.41) is 9.78. The number of aromatic nitrogens is 3. The fourth-order valence-corrected chi connectivity index (χ4v) is 2.41. The van der Waals surface area contributed by atoms with Crippen molar-refractivity contribution >= 4 is 23.8 Å². The topological polar surface area (TPSA) is 111 Å². The molecule has 0 aromatic carbocycles. The molecule has 0 saturated carbocycles. The Kier molecular flexibility index (Phi) is 6.49. The van der Waals surface area contributed by atoms with Crippen LogP contribution in [0.15, 0.2) is 28.4 Å². The van der Waals surface area contributed by atoms with Crippen LogP contribution in [0.3, 0.4) is 0 Å². The zero-order chi connectivity index (χ0) is 18.4. The lowest BCUT2D eigenvalue weighted by molar-refractivity contribution is 0.276. The number of aliphatic imine (C=N–C) groups is 2. The summed E-state index contributed by atoms with van der Waals surface area (Å²) in [7, 11) is 1.52. The molecule has 134 valence electrons. The van der Waals surface area contributed by atoms with Gasteiger partial charge in [0.05, 0.1) is 30.6 Å². The maximum Gasteiger partial charge on any atom is 0.214 e. The van der Waals surface area contributed by atoms with Crippen molar-refractivity contribution in [2.45, 2.75) is 26.4 Å². The summed E-state index contributed by atoms with van der Waals surface area (Å²) < 4.78 is 6.84. The molecule has 0 aliphatic carbocycles. The summed E-state index contributed by atoms with van der Waals surface area (Å²) in [6, 6.07) is 1.63. The number of rotatable bonds is 6. The van der Waals surface area contributed by atoms with E-state index in [2.05, 4.69) is 20.0 Å². The lowest BCUT2D eigenvalue weighted by atomic mass is 10.2. The van der Waals surface area contributed by atoms with E-state index < -0.39 is 0 Å². The summed E-state index contributed by atoms with van der Waals surface area (Å²) in [4.78, 5) is 17.3. The van der Waals surface area contributed by atoms with Crippen LogP contribution in [0.25, 0.3) is 11.4 Å². The van der Waals surface area contributed by atoms with E-state index in [-0.39, 0.29) is 12.6 Å². The van der Waals surface area contributed by atoms with Gasteiger partial charge in [-0.2, -0.15) is 0 Å². The summed E-state index contributed by atoms with van der Waals surface area (Å²) in [5.41, 5.74) is 6.57. The number of hydrogen-bond donors (Lipinski definition) is 2. The van der Waals surface area contributed by atoms with Gasteiger partial charge in [0, 0.05) is 31.0 Å². The highest BCUT2D eigenvalue weighted by Gasteiger charge is 2.17. The van der Waals surface area contributed by atoms with E-state index in [9.17, 15) is 5.11 Å². The molecule has 2 aromatic rings. The number of ether oxygens (including phenoxy) is 1. The van der Waals surface area contributed by atoms with Crippen molar-refractivity contribution in [2.24, 2.45) is 15.7 Å². The van der Waals surface area contributed by atoms with Gasteiger partial charge in [-0.25, -0.2) is 15.0 Å².